The SMILES string of the molecule is Cc1cc(OC[C@@H](O)CN2CCN(c3ccccc3O)CC2)c(C(C)C)cc1Cl. The Morgan fingerprint density at radius 1 is 1.10 bits per heavy atom. The van der Waals surface area contributed by atoms with Gasteiger partial charge in [0.25, 0.3) is 0 Å². The molecule has 1 atom stereocenters. The van der Waals surface area contributed by atoms with Crippen LogP contribution in [-0.2, 0) is 0 Å². The molecule has 0 aromatic heterocycles. The number of rotatable bonds is 7. The first-order valence-electron chi connectivity index (χ1n) is 10.2. The van der Waals surface area contributed by atoms with E-state index >= 15 is 0 Å². The first-order chi connectivity index (χ1) is 13.8. The summed E-state index contributed by atoms with van der Waals surface area (Å²) in [4.78, 5) is 4.42. The van der Waals surface area contributed by atoms with Gasteiger partial charge >= 0.3 is 0 Å². The number of aliphatic hydroxyl groups excluding tert-OH is 1. The van der Waals surface area contributed by atoms with Gasteiger partial charge < -0.3 is 19.8 Å². The fourth-order valence-electron chi connectivity index (χ4n) is 3.69. The van der Waals surface area contributed by atoms with Gasteiger partial charge in [-0.3, -0.25) is 4.90 Å². The summed E-state index contributed by atoms with van der Waals surface area (Å²) in [6.45, 7) is 10.3. The highest BCUT2D eigenvalue weighted by molar-refractivity contribution is 6.31. The zero-order chi connectivity index (χ0) is 21.0. The molecule has 1 aliphatic rings. The van der Waals surface area contributed by atoms with Gasteiger partial charge in [0.05, 0.1) is 5.69 Å². The van der Waals surface area contributed by atoms with Crippen LogP contribution >= 0.6 is 11.6 Å². The van der Waals surface area contributed by atoms with Gasteiger partial charge in [0.15, 0.2) is 0 Å². The zero-order valence-corrected chi connectivity index (χ0v) is 18.2. The lowest BCUT2D eigenvalue weighted by Gasteiger charge is -2.37. The van der Waals surface area contributed by atoms with Crippen molar-refractivity contribution in [1.29, 1.82) is 0 Å². The van der Waals surface area contributed by atoms with Crippen LogP contribution in [0.2, 0.25) is 5.02 Å². The predicted octanol–water partition coefficient (Wildman–Crippen LogP) is 4.04. The quantitative estimate of drug-likeness (QED) is 0.710. The average molecular weight is 419 g/mol. The lowest BCUT2D eigenvalue weighted by Crippen LogP contribution is -2.49. The van der Waals surface area contributed by atoms with E-state index in [0.29, 0.717) is 18.2 Å². The molecule has 0 amide bonds. The summed E-state index contributed by atoms with van der Waals surface area (Å²) >= 11 is 6.26. The van der Waals surface area contributed by atoms with Crippen LogP contribution in [0.3, 0.4) is 0 Å². The maximum Gasteiger partial charge on any atom is 0.138 e. The van der Waals surface area contributed by atoms with E-state index in [0.717, 1.165) is 53.8 Å². The number of aliphatic hydroxyl groups is 1. The largest absolute Gasteiger partial charge is 0.506 e. The number of ether oxygens (including phenoxy) is 1. The van der Waals surface area contributed by atoms with Gasteiger partial charge in [-0.05, 0) is 48.2 Å². The Hall–Kier alpha value is -1.95. The van der Waals surface area contributed by atoms with E-state index in [9.17, 15) is 10.2 Å². The van der Waals surface area contributed by atoms with Crippen LogP contribution in [0.5, 0.6) is 11.5 Å². The predicted molar refractivity (Wildman–Crippen MR) is 119 cm³/mol. The number of phenolic OH excluding ortho intramolecular Hbond substituents is 1. The number of piperazine rings is 1. The topological polar surface area (TPSA) is 56.2 Å². The minimum absolute atomic E-state index is 0.250. The molecule has 1 heterocycles. The Labute approximate surface area is 178 Å². The van der Waals surface area contributed by atoms with Gasteiger partial charge in [0.2, 0.25) is 0 Å². The van der Waals surface area contributed by atoms with Crippen molar-refractivity contribution < 1.29 is 14.9 Å². The highest BCUT2D eigenvalue weighted by Gasteiger charge is 2.21. The normalized spacial score (nSPS) is 16.3. The van der Waals surface area contributed by atoms with Crippen molar-refractivity contribution in [3.63, 3.8) is 0 Å². The molecule has 0 aliphatic carbocycles. The van der Waals surface area contributed by atoms with Crippen molar-refractivity contribution in [3.05, 3.63) is 52.5 Å². The summed E-state index contributed by atoms with van der Waals surface area (Å²) in [5.74, 6) is 1.40. The van der Waals surface area contributed by atoms with Crippen LogP contribution in [0.4, 0.5) is 5.69 Å². The Kier molecular flexibility index (Phi) is 7.28. The molecule has 0 saturated carbocycles. The molecule has 0 bridgehead atoms. The van der Waals surface area contributed by atoms with E-state index in [4.69, 9.17) is 16.3 Å². The van der Waals surface area contributed by atoms with Gasteiger partial charge in [-0.25, -0.2) is 0 Å². The Balaban J connectivity index is 1.50. The second-order valence-corrected chi connectivity index (χ2v) is 8.44. The number of phenols is 1. The fourth-order valence-corrected chi connectivity index (χ4v) is 3.86. The van der Waals surface area contributed by atoms with E-state index in [1.807, 2.05) is 37.3 Å². The average Bonchev–Trinajstić information content (AvgIpc) is 2.69. The molecule has 29 heavy (non-hydrogen) atoms. The number of nitrogens with zero attached hydrogens (tertiary/aromatic N) is 2. The third kappa shape index (κ3) is 5.56. The number of halogens is 1. The van der Waals surface area contributed by atoms with Crippen LogP contribution in [0, 0.1) is 6.92 Å². The summed E-state index contributed by atoms with van der Waals surface area (Å²) in [5, 5.41) is 21.3. The number of anilines is 1. The molecule has 1 aliphatic heterocycles. The Bertz CT molecular complexity index is 820. The molecular weight excluding hydrogens is 388 g/mol. The number of β-amino-alcohol motifs (C(OH)–C–C–N with tert-alkyl or cyclic N) is 1. The van der Waals surface area contributed by atoms with Crippen LogP contribution in [-0.4, -0.2) is 60.5 Å². The molecule has 2 aromatic rings. The van der Waals surface area contributed by atoms with E-state index < -0.39 is 6.10 Å². The van der Waals surface area contributed by atoms with Crippen LogP contribution in [0.15, 0.2) is 36.4 Å². The third-order valence-corrected chi connectivity index (χ3v) is 5.82. The standard InChI is InChI=1S/C23H31ClN2O3/c1-16(2)19-13-20(24)17(3)12-23(19)29-15-18(27)14-25-8-10-26(11-9-25)21-6-4-5-7-22(21)28/h4-7,12-13,16,18,27-28H,8-11,14-15H2,1-3H3/t18-/m0/s1. The van der Waals surface area contributed by atoms with Gasteiger partial charge in [-0.2, -0.15) is 0 Å². The molecule has 0 radical (unpaired) electrons. The minimum Gasteiger partial charge on any atom is -0.506 e. The Morgan fingerprint density at radius 2 is 1.79 bits per heavy atom. The minimum atomic E-state index is -0.567. The van der Waals surface area contributed by atoms with Crippen molar-refractivity contribution in [3.8, 4) is 11.5 Å². The summed E-state index contributed by atoms with van der Waals surface area (Å²) in [6.07, 6.45) is -0.567. The molecule has 0 unspecified atom stereocenters. The van der Waals surface area contributed by atoms with Crippen molar-refractivity contribution in [2.45, 2.75) is 32.8 Å². The molecule has 6 heteroatoms. The molecule has 1 fully saturated rings. The van der Waals surface area contributed by atoms with Gasteiger partial charge in [-0.15, -0.1) is 0 Å². The molecular formula is C23H31ClN2O3. The maximum atomic E-state index is 10.5. The molecule has 3 rings (SSSR count). The van der Waals surface area contributed by atoms with E-state index in [-0.39, 0.29) is 6.61 Å². The van der Waals surface area contributed by atoms with Gasteiger partial charge in [0.1, 0.15) is 24.2 Å². The highest BCUT2D eigenvalue weighted by Crippen LogP contribution is 2.32. The maximum absolute atomic E-state index is 10.5. The molecule has 2 aromatic carbocycles. The second-order valence-electron chi connectivity index (χ2n) is 8.04. The summed E-state index contributed by atoms with van der Waals surface area (Å²) in [5.41, 5.74) is 2.90. The van der Waals surface area contributed by atoms with Crippen LogP contribution in [0.1, 0.15) is 30.9 Å². The van der Waals surface area contributed by atoms with Crippen molar-refractivity contribution in [2.24, 2.45) is 0 Å². The molecule has 5 nitrogen and oxygen atoms in total. The monoisotopic (exact) mass is 418 g/mol. The summed E-state index contributed by atoms with van der Waals surface area (Å²) < 4.78 is 5.96. The van der Waals surface area contributed by atoms with Gasteiger partial charge in [0, 0.05) is 37.7 Å². The van der Waals surface area contributed by atoms with E-state index in [2.05, 4.69) is 23.6 Å². The molecule has 158 valence electrons. The number of para-hydroxylation sites is 2. The zero-order valence-electron chi connectivity index (χ0n) is 17.4. The molecule has 2 N–H and O–H groups in total. The lowest BCUT2D eigenvalue weighted by atomic mass is 10.0. The molecule has 0 spiro atoms. The van der Waals surface area contributed by atoms with Gasteiger partial charge in [-0.1, -0.05) is 37.6 Å². The van der Waals surface area contributed by atoms with Crippen LogP contribution < -0.4 is 9.64 Å². The molecule has 1 saturated heterocycles. The first-order valence-corrected chi connectivity index (χ1v) is 10.6. The summed E-state index contributed by atoms with van der Waals surface area (Å²) in [6, 6.07) is 11.3. The highest BCUT2D eigenvalue weighted by atomic mass is 35.5. The van der Waals surface area contributed by atoms with Crippen molar-refractivity contribution in [1.82, 2.24) is 4.90 Å². The second kappa shape index (κ2) is 9.70. The lowest BCUT2D eigenvalue weighted by molar-refractivity contribution is 0.0658. The van der Waals surface area contributed by atoms with Crippen LogP contribution in [0.25, 0.3) is 0 Å². The smallest absolute Gasteiger partial charge is 0.138 e. The fraction of sp³-hybridized carbons (Fsp3) is 0.478. The number of hydrogen-bond acceptors (Lipinski definition) is 5. The number of aryl methyl sites for hydroxylation is 1. The van der Waals surface area contributed by atoms with E-state index in [1.54, 1.807) is 6.07 Å². The van der Waals surface area contributed by atoms with E-state index in [1.165, 1.54) is 0 Å². The van der Waals surface area contributed by atoms with Crippen molar-refractivity contribution >= 4 is 17.3 Å². The third-order valence-electron chi connectivity index (χ3n) is 5.41. The van der Waals surface area contributed by atoms with Crippen molar-refractivity contribution in [2.75, 3.05) is 44.2 Å². The number of benzene rings is 2. The Morgan fingerprint density at radius 3 is 2.45 bits per heavy atom. The number of hydrogen-bond donors (Lipinski definition) is 2. The first kappa shape index (κ1) is 21.8. The number of aromatic hydroxyl groups is 1. The summed E-state index contributed by atoms with van der Waals surface area (Å²) in [7, 11) is 0.